The molecule has 0 fully saturated rings. The minimum atomic E-state index is 0.928. The van der Waals surface area contributed by atoms with E-state index in [1.54, 1.807) is 0 Å². The highest BCUT2D eigenvalue weighted by Crippen LogP contribution is 2.23. The average Bonchev–Trinajstić information content (AvgIpc) is 2.85. The van der Waals surface area contributed by atoms with Gasteiger partial charge in [0.05, 0.1) is 22.9 Å². The Morgan fingerprint density at radius 3 is 2.76 bits per heavy atom. The van der Waals surface area contributed by atoms with Gasteiger partial charge in [0.15, 0.2) is 0 Å². The Kier molecular flexibility index (Phi) is 2.04. The van der Waals surface area contributed by atoms with Gasteiger partial charge in [-0.2, -0.15) is 0 Å². The van der Waals surface area contributed by atoms with Crippen molar-refractivity contribution in [2.45, 2.75) is 13.8 Å². The van der Waals surface area contributed by atoms with Crippen LogP contribution in [0.4, 0.5) is 0 Å². The number of imidazole rings is 2. The first-order valence-corrected chi connectivity index (χ1v) is 5.60. The third-order valence-electron chi connectivity index (χ3n) is 3.12. The van der Waals surface area contributed by atoms with E-state index in [4.69, 9.17) is 0 Å². The number of fused-ring (bicyclic) bond motifs is 1. The molecule has 0 bridgehead atoms. The number of aromatic amines is 1. The van der Waals surface area contributed by atoms with E-state index in [2.05, 4.69) is 37.7 Å². The highest BCUT2D eigenvalue weighted by molar-refractivity contribution is 5.81. The number of aromatic nitrogens is 4. The molecule has 1 aromatic carbocycles. The fourth-order valence-electron chi connectivity index (χ4n) is 2.06. The van der Waals surface area contributed by atoms with Crippen molar-refractivity contribution in [2.75, 3.05) is 0 Å². The summed E-state index contributed by atoms with van der Waals surface area (Å²) in [6.07, 6.45) is 1.85. The molecule has 86 valence electrons. The summed E-state index contributed by atoms with van der Waals surface area (Å²) in [4.78, 5) is 12.0. The predicted octanol–water partition coefficient (Wildman–Crippen LogP) is 2.58. The number of rotatable bonds is 1. The normalized spacial score (nSPS) is 11.2. The van der Waals surface area contributed by atoms with Crippen LogP contribution in [0.15, 0.2) is 24.4 Å². The second kappa shape index (κ2) is 3.45. The van der Waals surface area contributed by atoms with E-state index >= 15 is 0 Å². The lowest BCUT2D eigenvalue weighted by Crippen LogP contribution is -1.89. The van der Waals surface area contributed by atoms with E-state index in [0.717, 1.165) is 33.9 Å². The zero-order valence-corrected chi connectivity index (χ0v) is 10.2. The molecule has 3 aromatic rings. The topological polar surface area (TPSA) is 46.5 Å². The Morgan fingerprint density at radius 1 is 1.24 bits per heavy atom. The van der Waals surface area contributed by atoms with Crippen LogP contribution in [0.25, 0.3) is 22.3 Å². The fourth-order valence-corrected chi connectivity index (χ4v) is 2.06. The van der Waals surface area contributed by atoms with Crippen molar-refractivity contribution in [1.29, 1.82) is 0 Å². The zero-order chi connectivity index (χ0) is 12.0. The van der Waals surface area contributed by atoms with Crippen LogP contribution in [-0.2, 0) is 7.05 Å². The summed E-state index contributed by atoms with van der Waals surface area (Å²) in [6.45, 7) is 3.97. The molecule has 4 nitrogen and oxygen atoms in total. The molecule has 2 heterocycles. The third-order valence-corrected chi connectivity index (χ3v) is 3.12. The molecule has 0 aliphatic rings. The first kappa shape index (κ1) is 10.1. The number of nitrogens with zero attached hydrogens (tertiary/aromatic N) is 3. The first-order chi connectivity index (χ1) is 8.15. The minimum absolute atomic E-state index is 0.928. The van der Waals surface area contributed by atoms with Crippen molar-refractivity contribution < 1.29 is 0 Å². The van der Waals surface area contributed by atoms with Crippen LogP contribution in [0.3, 0.4) is 0 Å². The van der Waals surface area contributed by atoms with E-state index in [-0.39, 0.29) is 0 Å². The van der Waals surface area contributed by atoms with Gasteiger partial charge in [0.1, 0.15) is 11.6 Å². The Labute approximate surface area is 99.3 Å². The summed E-state index contributed by atoms with van der Waals surface area (Å²) in [6, 6.07) is 6.28. The molecule has 0 radical (unpaired) electrons. The number of H-pyrrole nitrogens is 1. The molecule has 3 rings (SSSR count). The van der Waals surface area contributed by atoms with E-state index in [1.165, 1.54) is 0 Å². The highest BCUT2D eigenvalue weighted by Gasteiger charge is 2.07. The van der Waals surface area contributed by atoms with Gasteiger partial charge in [-0.1, -0.05) is 6.07 Å². The maximum atomic E-state index is 4.53. The molecule has 4 heteroatoms. The molecular weight excluding hydrogens is 212 g/mol. The standard InChI is InChI=1S/C13H14N4/c1-8-14-7-12(15-8)10-4-5-13-11(6-10)16-9(2)17(13)3/h4-7H,1-3H3,(H,14,15). The predicted molar refractivity (Wildman–Crippen MR) is 67.8 cm³/mol. The van der Waals surface area contributed by atoms with Crippen molar-refractivity contribution in [1.82, 2.24) is 19.5 Å². The summed E-state index contributed by atoms with van der Waals surface area (Å²) >= 11 is 0. The molecule has 0 saturated carbocycles. The lowest BCUT2D eigenvalue weighted by molar-refractivity contribution is 0.886. The number of hydrogen-bond donors (Lipinski definition) is 1. The Hall–Kier alpha value is -2.10. The first-order valence-electron chi connectivity index (χ1n) is 5.60. The van der Waals surface area contributed by atoms with Gasteiger partial charge in [-0.15, -0.1) is 0 Å². The van der Waals surface area contributed by atoms with E-state index < -0.39 is 0 Å². The van der Waals surface area contributed by atoms with E-state index in [0.29, 0.717) is 0 Å². The average molecular weight is 226 g/mol. The Bertz CT molecular complexity index is 691. The molecule has 0 aliphatic heterocycles. The monoisotopic (exact) mass is 226 g/mol. The molecule has 2 aromatic heterocycles. The summed E-state index contributed by atoms with van der Waals surface area (Å²) in [5.41, 5.74) is 4.33. The molecule has 0 amide bonds. The summed E-state index contributed by atoms with van der Waals surface area (Å²) in [7, 11) is 2.03. The van der Waals surface area contributed by atoms with Gasteiger partial charge in [-0.3, -0.25) is 0 Å². The number of hydrogen-bond acceptors (Lipinski definition) is 2. The van der Waals surface area contributed by atoms with Crippen LogP contribution in [0.2, 0.25) is 0 Å². The van der Waals surface area contributed by atoms with Gasteiger partial charge in [0.2, 0.25) is 0 Å². The van der Waals surface area contributed by atoms with E-state index in [9.17, 15) is 0 Å². The summed E-state index contributed by atoms with van der Waals surface area (Å²) < 4.78 is 2.09. The Balaban J connectivity index is 2.20. The number of nitrogens with one attached hydrogen (secondary N) is 1. The molecule has 0 spiro atoms. The summed E-state index contributed by atoms with van der Waals surface area (Å²) in [5.74, 6) is 1.95. The van der Waals surface area contributed by atoms with Gasteiger partial charge in [0.25, 0.3) is 0 Å². The number of aryl methyl sites for hydroxylation is 3. The quantitative estimate of drug-likeness (QED) is 0.693. The van der Waals surface area contributed by atoms with Gasteiger partial charge in [0, 0.05) is 12.6 Å². The van der Waals surface area contributed by atoms with Gasteiger partial charge >= 0.3 is 0 Å². The molecule has 0 saturated heterocycles. The van der Waals surface area contributed by atoms with Crippen molar-refractivity contribution >= 4 is 11.0 Å². The smallest absolute Gasteiger partial charge is 0.106 e. The maximum Gasteiger partial charge on any atom is 0.106 e. The van der Waals surface area contributed by atoms with Crippen LogP contribution >= 0.6 is 0 Å². The summed E-state index contributed by atoms with van der Waals surface area (Å²) in [5, 5.41) is 0. The second-order valence-corrected chi connectivity index (χ2v) is 4.30. The fraction of sp³-hybridized carbons (Fsp3) is 0.231. The van der Waals surface area contributed by atoms with Gasteiger partial charge in [-0.25, -0.2) is 9.97 Å². The van der Waals surface area contributed by atoms with Crippen molar-refractivity contribution in [3.8, 4) is 11.3 Å². The third kappa shape index (κ3) is 1.53. The molecule has 0 atom stereocenters. The SMILES string of the molecule is Cc1ncc(-c2ccc3c(c2)nc(C)n3C)[nH]1. The molecule has 1 N–H and O–H groups in total. The van der Waals surface area contributed by atoms with Crippen LogP contribution in [0, 0.1) is 13.8 Å². The van der Waals surface area contributed by atoms with Gasteiger partial charge in [-0.05, 0) is 26.0 Å². The van der Waals surface area contributed by atoms with Crippen LogP contribution < -0.4 is 0 Å². The van der Waals surface area contributed by atoms with Crippen molar-refractivity contribution in [2.24, 2.45) is 7.05 Å². The van der Waals surface area contributed by atoms with Crippen LogP contribution in [-0.4, -0.2) is 19.5 Å². The van der Waals surface area contributed by atoms with Crippen LogP contribution in [0.1, 0.15) is 11.6 Å². The maximum absolute atomic E-state index is 4.53. The largest absolute Gasteiger partial charge is 0.342 e. The van der Waals surface area contributed by atoms with Crippen molar-refractivity contribution in [3.63, 3.8) is 0 Å². The number of benzene rings is 1. The lowest BCUT2D eigenvalue weighted by Gasteiger charge is -1.99. The van der Waals surface area contributed by atoms with Crippen LogP contribution in [0.5, 0.6) is 0 Å². The lowest BCUT2D eigenvalue weighted by atomic mass is 10.1. The highest BCUT2D eigenvalue weighted by atomic mass is 15.0. The molecule has 0 unspecified atom stereocenters. The van der Waals surface area contributed by atoms with Gasteiger partial charge < -0.3 is 9.55 Å². The molecule has 17 heavy (non-hydrogen) atoms. The Morgan fingerprint density at radius 2 is 2.06 bits per heavy atom. The second-order valence-electron chi connectivity index (χ2n) is 4.30. The van der Waals surface area contributed by atoms with Crippen molar-refractivity contribution in [3.05, 3.63) is 36.0 Å². The molecular formula is C13H14N4. The van der Waals surface area contributed by atoms with E-state index in [1.807, 2.05) is 27.1 Å². The minimum Gasteiger partial charge on any atom is -0.342 e. The zero-order valence-electron chi connectivity index (χ0n) is 10.2. The molecule has 0 aliphatic carbocycles.